The van der Waals surface area contributed by atoms with E-state index in [0.29, 0.717) is 28.5 Å². The zero-order valence-electron chi connectivity index (χ0n) is 16.1. The predicted molar refractivity (Wildman–Crippen MR) is 119 cm³/mol. The lowest BCUT2D eigenvalue weighted by Crippen LogP contribution is -2.19. The first-order valence-electron chi connectivity index (χ1n) is 9.05. The van der Waals surface area contributed by atoms with Gasteiger partial charge in [-0.2, -0.15) is 0 Å². The maximum atomic E-state index is 12.7. The summed E-state index contributed by atoms with van der Waals surface area (Å²) in [5.41, 5.74) is 1.83. The van der Waals surface area contributed by atoms with Gasteiger partial charge >= 0.3 is 0 Å². The maximum absolute atomic E-state index is 12.7. The van der Waals surface area contributed by atoms with Crippen LogP contribution < -0.4 is 16.2 Å². The Bertz CT molecular complexity index is 1280. The van der Waals surface area contributed by atoms with E-state index in [1.54, 1.807) is 36.1 Å². The molecule has 0 spiro atoms. The number of pyridine rings is 1. The lowest BCUT2D eigenvalue weighted by atomic mass is 10.1. The first-order chi connectivity index (χ1) is 14.5. The summed E-state index contributed by atoms with van der Waals surface area (Å²) in [4.78, 5) is 29.2. The molecule has 4 aromatic rings. The van der Waals surface area contributed by atoms with Gasteiger partial charge in [-0.15, -0.1) is 0 Å². The molecule has 2 N–H and O–H groups in total. The normalized spacial score (nSPS) is 12.0. The van der Waals surface area contributed by atoms with E-state index in [1.165, 1.54) is 6.33 Å². The van der Waals surface area contributed by atoms with E-state index >= 15 is 0 Å². The van der Waals surface area contributed by atoms with Crippen molar-refractivity contribution in [1.82, 2.24) is 24.5 Å². The number of aromatic nitrogens is 5. The highest BCUT2D eigenvalue weighted by molar-refractivity contribution is 6.42. The standard InChI is InChI=1S/C20H17Cl2N7O/c1-11(19-23-7-4-8-24-19)27-14-9-15(30)29(2)17-12(14)5-3-6-13(17)28-20-16(21)18(22)25-10-26-20/h3-11,27H,1-2H3,(H,25,26,28). The summed E-state index contributed by atoms with van der Waals surface area (Å²) in [6, 6.07) is 8.75. The first kappa shape index (κ1) is 20.1. The highest BCUT2D eigenvalue weighted by atomic mass is 35.5. The van der Waals surface area contributed by atoms with Crippen molar-refractivity contribution in [2.45, 2.75) is 13.0 Å². The van der Waals surface area contributed by atoms with Crippen molar-refractivity contribution in [3.05, 3.63) is 75.4 Å². The van der Waals surface area contributed by atoms with Crippen molar-refractivity contribution in [3.63, 3.8) is 0 Å². The molecule has 1 aromatic carbocycles. The molecule has 1 atom stereocenters. The van der Waals surface area contributed by atoms with Gasteiger partial charge in [0.05, 0.1) is 17.2 Å². The first-order valence-corrected chi connectivity index (χ1v) is 9.80. The maximum Gasteiger partial charge on any atom is 0.252 e. The Labute approximate surface area is 181 Å². The smallest absolute Gasteiger partial charge is 0.252 e. The van der Waals surface area contributed by atoms with Crippen molar-refractivity contribution >= 4 is 51.3 Å². The van der Waals surface area contributed by atoms with Gasteiger partial charge in [0.1, 0.15) is 17.2 Å². The number of halogens is 2. The molecule has 30 heavy (non-hydrogen) atoms. The number of rotatable bonds is 5. The molecule has 0 aliphatic heterocycles. The molecule has 3 aromatic heterocycles. The number of fused-ring (bicyclic) bond motifs is 1. The molecule has 8 nitrogen and oxygen atoms in total. The van der Waals surface area contributed by atoms with Gasteiger partial charge in [0, 0.05) is 36.6 Å². The summed E-state index contributed by atoms with van der Waals surface area (Å²) < 4.78 is 1.56. The molecule has 3 heterocycles. The molecule has 1 unspecified atom stereocenters. The van der Waals surface area contributed by atoms with E-state index < -0.39 is 0 Å². The summed E-state index contributed by atoms with van der Waals surface area (Å²) in [5, 5.41) is 7.67. The molecule has 0 aliphatic carbocycles. The van der Waals surface area contributed by atoms with Gasteiger partial charge in [-0.05, 0) is 19.1 Å². The molecule has 10 heteroatoms. The molecule has 0 saturated carbocycles. The Balaban J connectivity index is 1.81. The van der Waals surface area contributed by atoms with Crippen molar-refractivity contribution in [2.24, 2.45) is 7.05 Å². The number of aryl methyl sites for hydroxylation is 1. The number of hydrogen-bond donors (Lipinski definition) is 2. The van der Waals surface area contributed by atoms with Crippen LogP contribution in [0, 0.1) is 0 Å². The fourth-order valence-corrected chi connectivity index (χ4v) is 3.42. The van der Waals surface area contributed by atoms with Crippen LogP contribution in [0.4, 0.5) is 17.2 Å². The third kappa shape index (κ3) is 3.79. The van der Waals surface area contributed by atoms with E-state index in [4.69, 9.17) is 23.2 Å². The zero-order chi connectivity index (χ0) is 21.3. The Morgan fingerprint density at radius 3 is 2.57 bits per heavy atom. The SMILES string of the molecule is CC(Nc1cc(=O)n(C)c2c(Nc3ncnc(Cl)c3Cl)cccc12)c1ncccn1. The largest absolute Gasteiger partial charge is 0.375 e. The number of nitrogens with zero attached hydrogens (tertiary/aromatic N) is 5. The molecule has 0 amide bonds. The van der Waals surface area contributed by atoms with Crippen LogP contribution >= 0.6 is 23.2 Å². The summed E-state index contributed by atoms with van der Waals surface area (Å²) in [6.07, 6.45) is 4.68. The monoisotopic (exact) mass is 441 g/mol. The second-order valence-electron chi connectivity index (χ2n) is 6.58. The quantitative estimate of drug-likeness (QED) is 0.444. The molecular formula is C20H17Cl2N7O. The molecule has 0 saturated heterocycles. The average Bonchev–Trinajstić information content (AvgIpc) is 2.75. The van der Waals surface area contributed by atoms with Gasteiger partial charge in [0.15, 0.2) is 11.0 Å². The molecule has 0 bridgehead atoms. The summed E-state index contributed by atoms with van der Waals surface area (Å²) >= 11 is 12.2. The van der Waals surface area contributed by atoms with Crippen LogP contribution in [0.2, 0.25) is 10.2 Å². The van der Waals surface area contributed by atoms with E-state index in [-0.39, 0.29) is 21.8 Å². The molecule has 4 rings (SSSR count). The molecule has 0 aliphatic rings. The number of benzene rings is 1. The van der Waals surface area contributed by atoms with Crippen LogP contribution in [0.15, 0.2) is 53.8 Å². The summed E-state index contributed by atoms with van der Waals surface area (Å²) in [5.74, 6) is 0.976. The van der Waals surface area contributed by atoms with E-state index in [0.717, 1.165) is 5.39 Å². The Morgan fingerprint density at radius 2 is 1.80 bits per heavy atom. The third-order valence-electron chi connectivity index (χ3n) is 4.61. The third-order valence-corrected chi connectivity index (χ3v) is 5.35. The number of anilines is 3. The minimum Gasteiger partial charge on any atom is -0.375 e. The van der Waals surface area contributed by atoms with Crippen molar-refractivity contribution < 1.29 is 0 Å². The van der Waals surface area contributed by atoms with Gasteiger partial charge in [-0.1, -0.05) is 35.3 Å². The van der Waals surface area contributed by atoms with E-state index in [9.17, 15) is 4.79 Å². The van der Waals surface area contributed by atoms with Crippen LogP contribution in [0.5, 0.6) is 0 Å². The highest BCUT2D eigenvalue weighted by Crippen LogP contribution is 2.33. The Morgan fingerprint density at radius 1 is 1.03 bits per heavy atom. The van der Waals surface area contributed by atoms with Crippen LogP contribution in [0.3, 0.4) is 0 Å². The van der Waals surface area contributed by atoms with Gasteiger partial charge in [-0.25, -0.2) is 19.9 Å². The fourth-order valence-electron chi connectivity index (χ4n) is 3.15. The summed E-state index contributed by atoms with van der Waals surface area (Å²) in [7, 11) is 1.71. The lowest BCUT2D eigenvalue weighted by molar-refractivity contribution is 0.788. The Kier molecular flexibility index (Phi) is 5.52. The fraction of sp³-hybridized carbons (Fsp3) is 0.150. The van der Waals surface area contributed by atoms with Crippen molar-refractivity contribution in [3.8, 4) is 0 Å². The van der Waals surface area contributed by atoms with Gasteiger partial charge in [0.2, 0.25) is 0 Å². The van der Waals surface area contributed by atoms with E-state index in [2.05, 4.69) is 30.6 Å². The van der Waals surface area contributed by atoms with Gasteiger partial charge in [-0.3, -0.25) is 4.79 Å². The number of nitrogens with one attached hydrogen (secondary N) is 2. The molecule has 0 fully saturated rings. The minimum absolute atomic E-state index is 0.141. The van der Waals surface area contributed by atoms with Crippen LogP contribution in [-0.4, -0.2) is 24.5 Å². The predicted octanol–water partition coefficient (Wildman–Crippen LogP) is 4.34. The van der Waals surface area contributed by atoms with Crippen LogP contribution in [0.1, 0.15) is 18.8 Å². The number of para-hydroxylation sites is 1. The van der Waals surface area contributed by atoms with Gasteiger partial charge < -0.3 is 15.2 Å². The highest BCUT2D eigenvalue weighted by Gasteiger charge is 2.16. The molecular weight excluding hydrogens is 425 g/mol. The minimum atomic E-state index is -0.201. The van der Waals surface area contributed by atoms with Crippen molar-refractivity contribution in [2.75, 3.05) is 10.6 Å². The zero-order valence-corrected chi connectivity index (χ0v) is 17.6. The lowest BCUT2D eigenvalue weighted by Gasteiger charge is -2.19. The molecule has 0 radical (unpaired) electrons. The second-order valence-corrected chi connectivity index (χ2v) is 7.32. The van der Waals surface area contributed by atoms with Crippen molar-refractivity contribution in [1.29, 1.82) is 0 Å². The van der Waals surface area contributed by atoms with Crippen LogP contribution in [-0.2, 0) is 7.05 Å². The average molecular weight is 442 g/mol. The second kappa shape index (κ2) is 8.25. The Hall–Kier alpha value is -3.23. The van der Waals surface area contributed by atoms with Gasteiger partial charge in [0.25, 0.3) is 5.56 Å². The van der Waals surface area contributed by atoms with E-state index in [1.807, 2.05) is 25.1 Å². The van der Waals surface area contributed by atoms with Crippen LogP contribution in [0.25, 0.3) is 10.9 Å². The number of hydrogen-bond acceptors (Lipinski definition) is 7. The topological polar surface area (TPSA) is 97.6 Å². The molecule has 152 valence electrons. The summed E-state index contributed by atoms with van der Waals surface area (Å²) in [6.45, 7) is 1.93.